The summed E-state index contributed by atoms with van der Waals surface area (Å²) in [6, 6.07) is 17.1. The Bertz CT molecular complexity index is 814. The molecule has 1 aromatic heterocycles. The number of carbonyl (C=O) groups is 1. The lowest BCUT2D eigenvalue weighted by atomic mass is 10.1. The number of benzene rings is 2. The van der Waals surface area contributed by atoms with Crippen molar-refractivity contribution in [3.8, 4) is 0 Å². The molecule has 23 heavy (non-hydrogen) atoms. The first-order valence-corrected chi connectivity index (χ1v) is 8.31. The van der Waals surface area contributed by atoms with Gasteiger partial charge in [-0.3, -0.25) is 4.79 Å². The molecule has 4 nitrogen and oxygen atoms in total. The number of hydrogen-bond donors (Lipinski definition) is 1. The summed E-state index contributed by atoms with van der Waals surface area (Å²) < 4.78 is 2.95. The van der Waals surface area contributed by atoms with Crippen LogP contribution in [-0.2, 0) is 7.05 Å². The van der Waals surface area contributed by atoms with Crippen molar-refractivity contribution in [2.24, 2.45) is 7.05 Å². The van der Waals surface area contributed by atoms with Crippen LogP contribution < -0.4 is 5.32 Å². The molecule has 0 fully saturated rings. The monoisotopic (exact) mass is 417 g/mol. The van der Waals surface area contributed by atoms with Crippen molar-refractivity contribution < 1.29 is 4.79 Å². The molecule has 0 spiro atoms. The van der Waals surface area contributed by atoms with Crippen molar-refractivity contribution >= 4 is 28.5 Å². The quantitative estimate of drug-likeness (QED) is 0.661. The van der Waals surface area contributed by atoms with Gasteiger partial charge in [0.25, 0.3) is 5.91 Å². The highest BCUT2D eigenvalue weighted by molar-refractivity contribution is 14.1. The van der Waals surface area contributed by atoms with Gasteiger partial charge in [0, 0.05) is 28.6 Å². The maximum Gasteiger partial charge on any atom is 0.252 e. The second-order valence-electron chi connectivity index (χ2n) is 5.22. The minimum Gasteiger partial charge on any atom is -0.338 e. The number of aryl methyl sites for hydroxylation is 1. The van der Waals surface area contributed by atoms with Crippen LogP contribution in [0.5, 0.6) is 0 Å². The summed E-state index contributed by atoms with van der Waals surface area (Å²) in [7, 11) is 1.93. The first-order valence-electron chi connectivity index (χ1n) is 7.24. The second kappa shape index (κ2) is 6.95. The molecule has 0 aliphatic rings. The van der Waals surface area contributed by atoms with Crippen LogP contribution in [-0.4, -0.2) is 15.5 Å². The number of imidazole rings is 1. The van der Waals surface area contributed by atoms with E-state index in [4.69, 9.17) is 0 Å². The van der Waals surface area contributed by atoms with E-state index in [9.17, 15) is 4.79 Å². The molecule has 0 aliphatic carbocycles. The van der Waals surface area contributed by atoms with E-state index in [2.05, 4.69) is 32.9 Å². The van der Waals surface area contributed by atoms with Crippen LogP contribution >= 0.6 is 22.6 Å². The standard InChI is InChI=1S/C18H16IN3O/c1-22-11-10-20-17(22)16(13-6-3-2-4-7-13)21-18(23)14-8-5-9-15(19)12-14/h2-12,16H,1H3,(H,21,23)/t16-/m0/s1. The molecular formula is C18H16IN3O. The Morgan fingerprint density at radius 1 is 1.17 bits per heavy atom. The average molecular weight is 417 g/mol. The van der Waals surface area contributed by atoms with E-state index < -0.39 is 0 Å². The predicted molar refractivity (Wildman–Crippen MR) is 98.1 cm³/mol. The van der Waals surface area contributed by atoms with E-state index in [1.807, 2.05) is 72.4 Å². The highest BCUT2D eigenvalue weighted by Crippen LogP contribution is 2.21. The molecule has 116 valence electrons. The zero-order chi connectivity index (χ0) is 16.2. The molecule has 1 atom stereocenters. The van der Waals surface area contributed by atoms with Crippen molar-refractivity contribution in [1.29, 1.82) is 0 Å². The molecule has 1 amide bonds. The topological polar surface area (TPSA) is 46.9 Å². The smallest absolute Gasteiger partial charge is 0.252 e. The van der Waals surface area contributed by atoms with Crippen LogP contribution in [0.25, 0.3) is 0 Å². The van der Waals surface area contributed by atoms with Gasteiger partial charge in [0.05, 0.1) is 0 Å². The van der Waals surface area contributed by atoms with E-state index in [-0.39, 0.29) is 11.9 Å². The molecule has 0 saturated heterocycles. The molecule has 3 rings (SSSR count). The van der Waals surface area contributed by atoms with Gasteiger partial charge in [0.15, 0.2) is 0 Å². The number of nitrogens with zero attached hydrogens (tertiary/aromatic N) is 2. The van der Waals surface area contributed by atoms with Gasteiger partial charge in [0.1, 0.15) is 11.9 Å². The fraction of sp³-hybridized carbons (Fsp3) is 0.111. The van der Waals surface area contributed by atoms with Crippen molar-refractivity contribution in [2.45, 2.75) is 6.04 Å². The molecule has 0 aliphatic heterocycles. The third-order valence-electron chi connectivity index (χ3n) is 3.61. The Labute approximate surface area is 148 Å². The lowest BCUT2D eigenvalue weighted by Gasteiger charge is -2.19. The van der Waals surface area contributed by atoms with Crippen LogP contribution in [0.1, 0.15) is 27.8 Å². The van der Waals surface area contributed by atoms with Gasteiger partial charge in [0.2, 0.25) is 0 Å². The fourth-order valence-corrected chi connectivity index (χ4v) is 2.98. The Morgan fingerprint density at radius 2 is 1.96 bits per heavy atom. The van der Waals surface area contributed by atoms with Gasteiger partial charge < -0.3 is 9.88 Å². The van der Waals surface area contributed by atoms with Gasteiger partial charge in [-0.1, -0.05) is 36.4 Å². The predicted octanol–water partition coefficient (Wildman–Crippen LogP) is 3.54. The third-order valence-corrected chi connectivity index (χ3v) is 4.28. The van der Waals surface area contributed by atoms with Crippen molar-refractivity contribution in [1.82, 2.24) is 14.9 Å². The molecule has 2 aromatic carbocycles. The lowest BCUT2D eigenvalue weighted by Crippen LogP contribution is -2.31. The van der Waals surface area contributed by atoms with Gasteiger partial charge in [-0.2, -0.15) is 0 Å². The summed E-state index contributed by atoms with van der Waals surface area (Å²) in [6.45, 7) is 0. The molecule has 3 aromatic rings. The molecule has 0 radical (unpaired) electrons. The summed E-state index contributed by atoms with van der Waals surface area (Å²) in [4.78, 5) is 17.0. The van der Waals surface area contributed by atoms with Crippen LogP contribution in [0.15, 0.2) is 67.0 Å². The first-order chi connectivity index (χ1) is 11.1. The molecular weight excluding hydrogens is 401 g/mol. The number of hydrogen-bond acceptors (Lipinski definition) is 2. The van der Waals surface area contributed by atoms with E-state index in [0.717, 1.165) is 15.0 Å². The van der Waals surface area contributed by atoms with E-state index in [0.29, 0.717) is 5.56 Å². The van der Waals surface area contributed by atoms with E-state index >= 15 is 0 Å². The number of carbonyl (C=O) groups excluding carboxylic acids is 1. The Hall–Kier alpha value is -2.15. The van der Waals surface area contributed by atoms with Crippen molar-refractivity contribution in [2.75, 3.05) is 0 Å². The fourth-order valence-electron chi connectivity index (χ4n) is 2.44. The van der Waals surface area contributed by atoms with Gasteiger partial charge >= 0.3 is 0 Å². The number of halogens is 1. The number of aromatic nitrogens is 2. The Kier molecular flexibility index (Phi) is 4.76. The van der Waals surface area contributed by atoms with Crippen LogP contribution in [0.4, 0.5) is 0 Å². The van der Waals surface area contributed by atoms with Crippen LogP contribution in [0, 0.1) is 3.57 Å². The SMILES string of the molecule is Cn1ccnc1[C@@H](NC(=O)c1cccc(I)c1)c1ccccc1. The van der Waals surface area contributed by atoms with Crippen molar-refractivity contribution in [3.63, 3.8) is 0 Å². The average Bonchev–Trinajstić information content (AvgIpc) is 2.99. The van der Waals surface area contributed by atoms with E-state index in [1.165, 1.54) is 0 Å². The molecule has 1 N–H and O–H groups in total. The summed E-state index contributed by atoms with van der Waals surface area (Å²) in [6.07, 6.45) is 3.62. The third kappa shape index (κ3) is 3.61. The lowest BCUT2D eigenvalue weighted by molar-refractivity contribution is 0.0941. The molecule has 0 saturated carbocycles. The summed E-state index contributed by atoms with van der Waals surface area (Å²) in [5, 5.41) is 3.09. The summed E-state index contributed by atoms with van der Waals surface area (Å²) >= 11 is 2.20. The minimum atomic E-state index is -0.290. The largest absolute Gasteiger partial charge is 0.338 e. The molecule has 0 unspecified atom stereocenters. The zero-order valence-electron chi connectivity index (χ0n) is 12.6. The maximum absolute atomic E-state index is 12.6. The van der Waals surface area contributed by atoms with Crippen LogP contribution in [0.2, 0.25) is 0 Å². The summed E-state index contributed by atoms with van der Waals surface area (Å²) in [5.74, 6) is 0.690. The highest BCUT2D eigenvalue weighted by Gasteiger charge is 2.21. The Morgan fingerprint density at radius 3 is 2.61 bits per heavy atom. The maximum atomic E-state index is 12.6. The molecule has 1 heterocycles. The Balaban J connectivity index is 1.94. The van der Waals surface area contributed by atoms with Gasteiger partial charge in [-0.25, -0.2) is 4.98 Å². The second-order valence-corrected chi connectivity index (χ2v) is 6.47. The summed E-state index contributed by atoms with van der Waals surface area (Å²) in [5.41, 5.74) is 1.65. The van der Waals surface area contributed by atoms with Gasteiger partial charge in [-0.05, 0) is 46.4 Å². The number of amides is 1. The zero-order valence-corrected chi connectivity index (χ0v) is 14.8. The van der Waals surface area contributed by atoms with Crippen molar-refractivity contribution in [3.05, 3.63) is 87.5 Å². The van der Waals surface area contributed by atoms with E-state index in [1.54, 1.807) is 6.20 Å². The molecule has 0 bridgehead atoms. The molecule has 5 heteroatoms. The van der Waals surface area contributed by atoms with Crippen LogP contribution in [0.3, 0.4) is 0 Å². The number of nitrogens with one attached hydrogen (secondary N) is 1. The first kappa shape index (κ1) is 15.7. The van der Waals surface area contributed by atoms with Gasteiger partial charge in [-0.15, -0.1) is 0 Å². The normalized spacial score (nSPS) is 11.9. The highest BCUT2D eigenvalue weighted by atomic mass is 127. The number of rotatable bonds is 4. The minimum absolute atomic E-state index is 0.111.